The van der Waals surface area contributed by atoms with E-state index in [0.717, 1.165) is 40.6 Å². The highest BCUT2D eigenvalue weighted by atomic mass is 19.1. The Hall–Kier alpha value is -2.46. The zero-order valence-electron chi connectivity index (χ0n) is 12.7. The summed E-state index contributed by atoms with van der Waals surface area (Å²) in [6, 6.07) is 14.2. The number of allylic oxidation sites excluding steroid dienone is 1. The molecule has 0 spiro atoms. The van der Waals surface area contributed by atoms with Crippen LogP contribution in [0.4, 0.5) is 4.39 Å². The minimum atomic E-state index is -0.558. The molecular formula is C19H17FN2O. The van der Waals surface area contributed by atoms with Gasteiger partial charge in [0.1, 0.15) is 5.83 Å². The van der Waals surface area contributed by atoms with Crippen molar-refractivity contribution in [2.75, 3.05) is 6.61 Å². The highest BCUT2D eigenvalue weighted by Gasteiger charge is 2.23. The lowest BCUT2D eigenvalue weighted by Crippen LogP contribution is -2.09. The summed E-state index contributed by atoms with van der Waals surface area (Å²) in [6.07, 6.45) is 4.23. The fourth-order valence-electron chi connectivity index (χ4n) is 3.32. The van der Waals surface area contributed by atoms with E-state index in [4.69, 9.17) is 0 Å². The van der Waals surface area contributed by atoms with Crippen molar-refractivity contribution < 1.29 is 9.50 Å². The second-order valence-corrected chi connectivity index (χ2v) is 5.86. The SMILES string of the molecule is OC/C(F)=C1\CCCc2cnn(-c3ccc4ccccc4c3)c21. The number of hydrogen-bond donors (Lipinski definition) is 1. The van der Waals surface area contributed by atoms with Gasteiger partial charge in [-0.2, -0.15) is 5.10 Å². The Kier molecular flexibility index (Phi) is 3.46. The number of hydrogen-bond acceptors (Lipinski definition) is 2. The van der Waals surface area contributed by atoms with Gasteiger partial charge in [-0.25, -0.2) is 9.07 Å². The van der Waals surface area contributed by atoms with Gasteiger partial charge in [-0.15, -0.1) is 0 Å². The Morgan fingerprint density at radius 2 is 1.96 bits per heavy atom. The van der Waals surface area contributed by atoms with Crippen LogP contribution in [0.3, 0.4) is 0 Å². The van der Waals surface area contributed by atoms with E-state index in [2.05, 4.69) is 23.3 Å². The Morgan fingerprint density at radius 1 is 1.13 bits per heavy atom. The number of aliphatic hydroxyl groups is 1. The molecule has 1 aromatic heterocycles. The third-order valence-corrected chi connectivity index (χ3v) is 4.45. The summed E-state index contributed by atoms with van der Waals surface area (Å²) in [4.78, 5) is 0. The van der Waals surface area contributed by atoms with Gasteiger partial charge in [-0.05, 0) is 47.7 Å². The average Bonchev–Trinajstić information content (AvgIpc) is 3.04. The van der Waals surface area contributed by atoms with E-state index in [0.29, 0.717) is 12.0 Å². The molecule has 1 N–H and O–H groups in total. The third-order valence-electron chi connectivity index (χ3n) is 4.45. The highest BCUT2D eigenvalue weighted by molar-refractivity contribution is 5.84. The topological polar surface area (TPSA) is 38.1 Å². The molecule has 0 unspecified atom stereocenters. The largest absolute Gasteiger partial charge is 0.389 e. The smallest absolute Gasteiger partial charge is 0.131 e. The van der Waals surface area contributed by atoms with Crippen LogP contribution in [0.25, 0.3) is 22.0 Å². The van der Waals surface area contributed by atoms with Crippen molar-refractivity contribution in [2.24, 2.45) is 0 Å². The number of benzene rings is 2. The molecule has 1 aliphatic carbocycles. The molecule has 3 aromatic rings. The molecule has 116 valence electrons. The van der Waals surface area contributed by atoms with E-state index in [1.54, 1.807) is 4.68 Å². The Bertz CT molecular complexity index is 911. The van der Waals surface area contributed by atoms with Crippen LogP contribution in [0, 0.1) is 0 Å². The fraction of sp³-hybridized carbons (Fsp3) is 0.211. The normalized spacial score (nSPS) is 16.4. The van der Waals surface area contributed by atoms with Gasteiger partial charge >= 0.3 is 0 Å². The number of aromatic nitrogens is 2. The van der Waals surface area contributed by atoms with Crippen LogP contribution in [-0.4, -0.2) is 21.5 Å². The summed E-state index contributed by atoms with van der Waals surface area (Å²) in [5.74, 6) is -0.450. The minimum absolute atomic E-state index is 0.450. The zero-order valence-corrected chi connectivity index (χ0v) is 12.7. The van der Waals surface area contributed by atoms with Crippen molar-refractivity contribution in [3.8, 4) is 5.69 Å². The molecule has 0 aliphatic heterocycles. The Labute approximate surface area is 133 Å². The van der Waals surface area contributed by atoms with Crippen LogP contribution in [0.5, 0.6) is 0 Å². The second-order valence-electron chi connectivity index (χ2n) is 5.86. The van der Waals surface area contributed by atoms with E-state index in [-0.39, 0.29) is 0 Å². The molecule has 0 atom stereocenters. The van der Waals surface area contributed by atoms with Gasteiger partial charge in [-0.1, -0.05) is 30.3 Å². The summed E-state index contributed by atoms with van der Waals surface area (Å²) in [6.45, 7) is -0.558. The lowest BCUT2D eigenvalue weighted by Gasteiger charge is -2.18. The van der Waals surface area contributed by atoms with Crippen molar-refractivity contribution in [1.82, 2.24) is 9.78 Å². The number of aryl methyl sites for hydroxylation is 1. The van der Waals surface area contributed by atoms with E-state index in [1.807, 2.05) is 30.5 Å². The van der Waals surface area contributed by atoms with Crippen molar-refractivity contribution in [2.45, 2.75) is 19.3 Å². The van der Waals surface area contributed by atoms with Gasteiger partial charge in [0, 0.05) is 5.57 Å². The van der Waals surface area contributed by atoms with Crippen molar-refractivity contribution in [3.63, 3.8) is 0 Å². The second kappa shape index (κ2) is 5.63. The zero-order chi connectivity index (χ0) is 15.8. The lowest BCUT2D eigenvalue weighted by molar-refractivity contribution is 0.298. The monoisotopic (exact) mass is 308 g/mol. The van der Waals surface area contributed by atoms with Crippen molar-refractivity contribution >= 4 is 16.3 Å². The summed E-state index contributed by atoms with van der Waals surface area (Å²) in [5.41, 5.74) is 3.34. The van der Waals surface area contributed by atoms with Crippen LogP contribution >= 0.6 is 0 Å². The third kappa shape index (κ3) is 2.35. The molecular weight excluding hydrogens is 291 g/mol. The molecule has 1 heterocycles. The molecule has 0 amide bonds. The molecule has 2 aromatic carbocycles. The van der Waals surface area contributed by atoms with Gasteiger partial charge in [-0.3, -0.25) is 0 Å². The first-order valence-electron chi connectivity index (χ1n) is 7.83. The first-order chi connectivity index (χ1) is 11.3. The van der Waals surface area contributed by atoms with Gasteiger partial charge in [0.2, 0.25) is 0 Å². The lowest BCUT2D eigenvalue weighted by atomic mass is 9.92. The average molecular weight is 308 g/mol. The quantitative estimate of drug-likeness (QED) is 0.776. The molecule has 0 radical (unpaired) electrons. The minimum Gasteiger partial charge on any atom is -0.389 e. The maximum absolute atomic E-state index is 14.1. The van der Waals surface area contributed by atoms with E-state index in [9.17, 15) is 9.50 Å². The van der Waals surface area contributed by atoms with E-state index in [1.165, 1.54) is 0 Å². The molecule has 4 rings (SSSR count). The van der Waals surface area contributed by atoms with Crippen LogP contribution in [-0.2, 0) is 6.42 Å². The molecule has 4 heteroatoms. The standard InChI is InChI=1S/C19H17FN2O/c20-18(12-23)17-7-3-6-15-11-21-22(19(15)17)16-9-8-13-4-1-2-5-14(13)10-16/h1-2,4-5,8-11,23H,3,6-7,12H2/b18-17-. The number of rotatable bonds is 2. The highest BCUT2D eigenvalue weighted by Crippen LogP contribution is 2.35. The summed E-state index contributed by atoms with van der Waals surface area (Å²) >= 11 is 0. The van der Waals surface area contributed by atoms with E-state index < -0.39 is 12.4 Å². The molecule has 0 bridgehead atoms. The predicted octanol–water partition coefficient (Wildman–Crippen LogP) is 4.03. The number of aliphatic hydroxyl groups excluding tert-OH is 1. The van der Waals surface area contributed by atoms with Crippen LogP contribution in [0.2, 0.25) is 0 Å². The summed E-state index contributed by atoms with van der Waals surface area (Å²) < 4.78 is 15.9. The summed E-state index contributed by atoms with van der Waals surface area (Å²) in [7, 11) is 0. The molecule has 0 saturated carbocycles. The van der Waals surface area contributed by atoms with Gasteiger partial charge in [0.05, 0.1) is 24.2 Å². The predicted molar refractivity (Wildman–Crippen MR) is 89.1 cm³/mol. The first kappa shape index (κ1) is 14.2. The molecule has 3 nitrogen and oxygen atoms in total. The number of fused-ring (bicyclic) bond motifs is 2. The van der Waals surface area contributed by atoms with Crippen LogP contribution < -0.4 is 0 Å². The van der Waals surface area contributed by atoms with Crippen molar-refractivity contribution in [1.29, 1.82) is 0 Å². The maximum Gasteiger partial charge on any atom is 0.131 e. The van der Waals surface area contributed by atoms with E-state index >= 15 is 0 Å². The Morgan fingerprint density at radius 3 is 2.78 bits per heavy atom. The van der Waals surface area contributed by atoms with Crippen LogP contribution in [0.1, 0.15) is 24.1 Å². The molecule has 1 aliphatic rings. The fourth-order valence-corrected chi connectivity index (χ4v) is 3.32. The first-order valence-corrected chi connectivity index (χ1v) is 7.83. The molecule has 0 fully saturated rings. The number of halogens is 1. The summed E-state index contributed by atoms with van der Waals surface area (Å²) in [5, 5.41) is 16.0. The van der Waals surface area contributed by atoms with Crippen LogP contribution in [0.15, 0.2) is 54.5 Å². The molecule has 23 heavy (non-hydrogen) atoms. The van der Waals surface area contributed by atoms with Gasteiger partial charge in [0.15, 0.2) is 0 Å². The Balaban J connectivity index is 1.91. The molecule has 0 saturated heterocycles. The van der Waals surface area contributed by atoms with Gasteiger partial charge in [0.25, 0.3) is 0 Å². The maximum atomic E-state index is 14.1. The van der Waals surface area contributed by atoms with Crippen molar-refractivity contribution in [3.05, 3.63) is 65.7 Å². The number of nitrogens with zero attached hydrogens (tertiary/aromatic N) is 2. The van der Waals surface area contributed by atoms with Gasteiger partial charge < -0.3 is 5.11 Å².